The summed E-state index contributed by atoms with van der Waals surface area (Å²) in [5, 5.41) is 3.10. The van der Waals surface area contributed by atoms with Crippen LogP contribution >= 0.6 is 0 Å². The van der Waals surface area contributed by atoms with Crippen LogP contribution in [-0.4, -0.2) is 43.6 Å². The van der Waals surface area contributed by atoms with Gasteiger partial charge in [0.15, 0.2) is 5.96 Å². The Kier molecular flexibility index (Phi) is 8.65. The second-order valence-electron chi connectivity index (χ2n) is 5.89. The Labute approximate surface area is 145 Å². The molecule has 0 aliphatic carbocycles. The van der Waals surface area contributed by atoms with Crippen molar-refractivity contribution in [2.24, 2.45) is 16.6 Å². The summed E-state index contributed by atoms with van der Waals surface area (Å²) < 4.78 is 5.31. The highest BCUT2D eigenvalue weighted by molar-refractivity contribution is 5.93. The molecule has 1 rings (SSSR count). The van der Waals surface area contributed by atoms with Crippen molar-refractivity contribution in [2.45, 2.75) is 19.9 Å². The molecule has 0 radical (unpaired) electrons. The van der Waals surface area contributed by atoms with E-state index >= 15 is 0 Å². The number of ether oxygens (including phenoxy) is 1. The Morgan fingerprint density at radius 3 is 2.46 bits per heavy atom. The molecular formula is C19H30N4O. The van der Waals surface area contributed by atoms with Crippen LogP contribution in [0.2, 0.25) is 0 Å². The van der Waals surface area contributed by atoms with Gasteiger partial charge >= 0.3 is 0 Å². The first-order valence-corrected chi connectivity index (χ1v) is 8.19. The van der Waals surface area contributed by atoms with Crippen molar-refractivity contribution >= 4 is 11.6 Å². The van der Waals surface area contributed by atoms with Gasteiger partial charge in [-0.2, -0.15) is 0 Å². The van der Waals surface area contributed by atoms with Gasteiger partial charge in [0.25, 0.3) is 0 Å². The van der Waals surface area contributed by atoms with E-state index in [1.165, 1.54) is 0 Å². The Hall–Kier alpha value is -2.27. The first-order chi connectivity index (χ1) is 11.5. The number of nitrogens with one attached hydrogen (secondary N) is 1. The average molecular weight is 330 g/mol. The molecule has 0 bridgehead atoms. The number of rotatable bonds is 10. The first-order valence-electron chi connectivity index (χ1n) is 8.19. The van der Waals surface area contributed by atoms with Gasteiger partial charge in [-0.05, 0) is 18.1 Å². The molecule has 24 heavy (non-hydrogen) atoms. The number of methoxy groups -OCH3 is 1. The average Bonchev–Trinajstić information content (AvgIpc) is 2.55. The monoisotopic (exact) mass is 330 g/mol. The molecule has 1 atom stereocenters. The summed E-state index contributed by atoms with van der Waals surface area (Å²) in [5.41, 5.74) is 6.85. The zero-order valence-electron chi connectivity index (χ0n) is 15.0. The molecule has 0 aliphatic heterocycles. The summed E-state index contributed by atoms with van der Waals surface area (Å²) in [5.74, 6) is 1.55. The maximum atomic E-state index is 6.05. The lowest BCUT2D eigenvalue weighted by atomic mass is 10.0. The number of para-hydroxylation sites is 2. The maximum Gasteiger partial charge on any atom is 0.193 e. The minimum Gasteiger partial charge on any atom is -0.495 e. The second-order valence-corrected chi connectivity index (χ2v) is 5.89. The van der Waals surface area contributed by atoms with E-state index in [9.17, 15) is 0 Å². The van der Waals surface area contributed by atoms with Crippen molar-refractivity contribution in [3.8, 4) is 5.75 Å². The molecular weight excluding hydrogens is 300 g/mol. The van der Waals surface area contributed by atoms with Crippen LogP contribution in [0.4, 0.5) is 5.69 Å². The van der Waals surface area contributed by atoms with Crippen molar-refractivity contribution in [3.05, 3.63) is 49.6 Å². The van der Waals surface area contributed by atoms with Gasteiger partial charge in [-0.25, -0.2) is 0 Å². The molecule has 5 heteroatoms. The predicted molar refractivity (Wildman–Crippen MR) is 104 cm³/mol. The van der Waals surface area contributed by atoms with Crippen LogP contribution in [0.1, 0.15) is 13.8 Å². The molecule has 0 spiro atoms. The van der Waals surface area contributed by atoms with Crippen LogP contribution < -0.4 is 15.8 Å². The summed E-state index contributed by atoms with van der Waals surface area (Å²) in [6.07, 6.45) is 3.80. The smallest absolute Gasteiger partial charge is 0.193 e. The molecule has 1 aromatic rings. The SMILES string of the molecule is C=CCN(CC=C)C(CN=C(N)Nc1ccccc1OC)C(C)C. The molecule has 0 heterocycles. The van der Waals surface area contributed by atoms with Crippen molar-refractivity contribution in [2.75, 3.05) is 32.1 Å². The molecule has 0 amide bonds. The van der Waals surface area contributed by atoms with Crippen LogP contribution in [0.3, 0.4) is 0 Å². The molecule has 132 valence electrons. The summed E-state index contributed by atoms with van der Waals surface area (Å²) in [4.78, 5) is 6.82. The number of guanidine groups is 1. The lowest BCUT2D eigenvalue weighted by molar-refractivity contribution is 0.196. The number of aliphatic imine (C=N–C) groups is 1. The third-order valence-corrected chi connectivity index (χ3v) is 3.78. The molecule has 0 aromatic heterocycles. The predicted octanol–water partition coefficient (Wildman–Crippen LogP) is 3.12. The molecule has 1 aromatic carbocycles. The zero-order valence-corrected chi connectivity index (χ0v) is 15.0. The topological polar surface area (TPSA) is 62.9 Å². The fourth-order valence-electron chi connectivity index (χ4n) is 2.54. The van der Waals surface area contributed by atoms with Crippen LogP contribution in [0.5, 0.6) is 5.75 Å². The third kappa shape index (κ3) is 6.08. The standard InChI is InChI=1S/C19H30N4O/c1-6-12-23(13-7-2)17(15(3)4)14-21-19(20)22-16-10-8-9-11-18(16)24-5/h6-11,15,17H,1-2,12-14H2,3-5H3,(H3,20,21,22). The normalized spacial score (nSPS) is 13.0. The van der Waals surface area contributed by atoms with E-state index in [2.05, 4.69) is 42.2 Å². The summed E-state index contributed by atoms with van der Waals surface area (Å²) >= 11 is 0. The lowest BCUT2D eigenvalue weighted by Gasteiger charge is -2.31. The van der Waals surface area contributed by atoms with Crippen LogP contribution in [0.15, 0.2) is 54.6 Å². The molecule has 1 unspecified atom stereocenters. The van der Waals surface area contributed by atoms with Crippen molar-refractivity contribution < 1.29 is 4.74 Å². The largest absolute Gasteiger partial charge is 0.495 e. The lowest BCUT2D eigenvalue weighted by Crippen LogP contribution is -2.42. The Morgan fingerprint density at radius 1 is 1.29 bits per heavy atom. The van der Waals surface area contributed by atoms with E-state index in [0.29, 0.717) is 18.4 Å². The van der Waals surface area contributed by atoms with Gasteiger partial charge in [0.2, 0.25) is 0 Å². The third-order valence-electron chi connectivity index (χ3n) is 3.78. The minimum absolute atomic E-state index is 0.263. The highest BCUT2D eigenvalue weighted by atomic mass is 16.5. The van der Waals surface area contributed by atoms with E-state index in [4.69, 9.17) is 10.5 Å². The molecule has 0 saturated carbocycles. The van der Waals surface area contributed by atoms with Gasteiger partial charge < -0.3 is 15.8 Å². The van der Waals surface area contributed by atoms with Crippen LogP contribution in [0.25, 0.3) is 0 Å². The van der Waals surface area contributed by atoms with E-state index in [1.807, 2.05) is 36.4 Å². The van der Waals surface area contributed by atoms with Gasteiger partial charge in [0.1, 0.15) is 5.75 Å². The number of benzene rings is 1. The number of nitrogens with zero attached hydrogens (tertiary/aromatic N) is 2. The number of anilines is 1. The highest BCUT2D eigenvalue weighted by Gasteiger charge is 2.19. The molecule has 0 aliphatic rings. The van der Waals surface area contributed by atoms with Crippen molar-refractivity contribution in [3.63, 3.8) is 0 Å². The van der Waals surface area contributed by atoms with Crippen molar-refractivity contribution in [1.82, 2.24) is 4.90 Å². The van der Waals surface area contributed by atoms with Gasteiger partial charge in [-0.15, -0.1) is 13.2 Å². The fraction of sp³-hybridized carbons (Fsp3) is 0.421. The van der Waals surface area contributed by atoms with Crippen LogP contribution in [-0.2, 0) is 0 Å². The van der Waals surface area contributed by atoms with E-state index in [0.717, 1.165) is 24.5 Å². The number of hydrogen-bond acceptors (Lipinski definition) is 3. The first kappa shape index (κ1) is 19.8. The maximum absolute atomic E-state index is 6.05. The van der Waals surface area contributed by atoms with Crippen LogP contribution in [0, 0.1) is 5.92 Å². The fourth-order valence-corrected chi connectivity index (χ4v) is 2.54. The molecule has 0 fully saturated rings. The van der Waals surface area contributed by atoms with Gasteiger partial charge in [0, 0.05) is 19.1 Å². The summed E-state index contributed by atoms with van der Waals surface area (Å²) in [6.45, 7) is 14.2. The van der Waals surface area contributed by atoms with Gasteiger partial charge in [-0.3, -0.25) is 9.89 Å². The van der Waals surface area contributed by atoms with E-state index in [-0.39, 0.29) is 6.04 Å². The van der Waals surface area contributed by atoms with Gasteiger partial charge in [-0.1, -0.05) is 38.1 Å². The minimum atomic E-state index is 0.263. The molecule has 5 nitrogen and oxygen atoms in total. The Morgan fingerprint density at radius 2 is 1.92 bits per heavy atom. The molecule has 3 N–H and O–H groups in total. The van der Waals surface area contributed by atoms with E-state index in [1.54, 1.807) is 7.11 Å². The summed E-state index contributed by atoms with van der Waals surface area (Å²) in [6, 6.07) is 7.88. The highest BCUT2D eigenvalue weighted by Crippen LogP contribution is 2.22. The molecule has 0 saturated heterocycles. The summed E-state index contributed by atoms with van der Waals surface area (Å²) in [7, 11) is 1.63. The van der Waals surface area contributed by atoms with Crippen molar-refractivity contribution in [1.29, 1.82) is 0 Å². The van der Waals surface area contributed by atoms with E-state index < -0.39 is 0 Å². The quantitative estimate of drug-likeness (QED) is 0.393. The Bertz CT molecular complexity index is 544. The number of nitrogens with two attached hydrogens (primary N) is 1. The van der Waals surface area contributed by atoms with Gasteiger partial charge in [0.05, 0.1) is 19.3 Å². The zero-order chi connectivity index (χ0) is 17.9. The second kappa shape index (κ2) is 10.5. The Balaban J connectivity index is 2.81. The number of hydrogen-bond donors (Lipinski definition) is 2.